The average molecular weight is 269 g/mol. The van der Waals surface area contributed by atoms with E-state index in [-0.39, 0.29) is 0 Å². The van der Waals surface area contributed by atoms with Crippen molar-refractivity contribution in [2.24, 2.45) is 0 Å². The Morgan fingerprint density at radius 1 is 1.10 bits per heavy atom. The fourth-order valence-corrected chi connectivity index (χ4v) is 2.34. The summed E-state index contributed by atoms with van der Waals surface area (Å²) < 4.78 is 5.25. The number of rotatable bonds is 6. The van der Waals surface area contributed by atoms with Crippen LogP contribution in [0.15, 0.2) is 48.5 Å². The maximum atomic E-state index is 5.25. The van der Waals surface area contributed by atoms with E-state index in [4.69, 9.17) is 4.74 Å². The quantitative estimate of drug-likeness (QED) is 0.837. The molecule has 1 N–H and O–H groups in total. The summed E-state index contributed by atoms with van der Waals surface area (Å²) in [7, 11) is 1.70. The van der Waals surface area contributed by atoms with Crippen LogP contribution in [0.25, 0.3) is 0 Å². The Labute approximate surface area is 121 Å². The zero-order chi connectivity index (χ0) is 14.4. The molecule has 0 spiro atoms. The lowest BCUT2D eigenvalue weighted by Gasteiger charge is -2.20. The van der Waals surface area contributed by atoms with E-state index in [9.17, 15) is 0 Å². The van der Waals surface area contributed by atoms with Crippen molar-refractivity contribution in [1.82, 2.24) is 0 Å². The first-order valence-electron chi connectivity index (χ1n) is 7.18. The summed E-state index contributed by atoms with van der Waals surface area (Å²) in [5.74, 6) is 0.907. The van der Waals surface area contributed by atoms with Crippen LogP contribution in [-0.4, -0.2) is 13.2 Å². The van der Waals surface area contributed by atoms with Gasteiger partial charge < -0.3 is 10.1 Å². The van der Waals surface area contributed by atoms with Gasteiger partial charge in [0.05, 0.1) is 7.11 Å². The number of ether oxygens (including phenoxy) is 1. The van der Waals surface area contributed by atoms with E-state index >= 15 is 0 Å². The van der Waals surface area contributed by atoms with Gasteiger partial charge in [-0.05, 0) is 49.1 Å². The Balaban J connectivity index is 2.06. The van der Waals surface area contributed by atoms with Crippen molar-refractivity contribution in [3.05, 3.63) is 59.7 Å². The van der Waals surface area contributed by atoms with Crippen LogP contribution < -0.4 is 10.1 Å². The second-order valence-electron chi connectivity index (χ2n) is 5.12. The Hall–Kier alpha value is -1.96. The lowest BCUT2D eigenvalue weighted by Crippen LogP contribution is -2.21. The fraction of sp³-hybridized carbons (Fsp3) is 0.333. The molecule has 0 aromatic heterocycles. The van der Waals surface area contributed by atoms with Crippen LogP contribution in [0.4, 0.5) is 5.69 Å². The lowest BCUT2D eigenvalue weighted by molar-refractivity contribution is 0.414. The minimum absolute atomic E-state index is 0.449. The molecule has 0 radical (unpaired) electrons. The van der Waals surface area contributed by atoms with E-state index in [0.717, 1.165) is 18.6 Å². The molecule has 20 heavy (non-hydrogen) atoms. The van der Waals surface area contributed by atoms with Crippen LogP contribution >= 0.6 is 0 Å². The van der Waals surface area contributed by atoms with Gasteiger partial charge in [-0.15, -0.1) is 0 Å². The summed E-state index contributed by atoms with van der Waals surface area (Å²) in [6.45, 7) is 4.33. The zero-order valence-electron chi connectivity index (χ0n) is 12.5. The summed E-state index contributed by atoms with van der Waals surface area (Å²) in [4.78, 5) is 0. The van der Waals surface area contributed by atoms with Crippen LogP contribution in [0.3, 0.4) is 0 Å². The predicted octanol–water partition coefficient (Wildman–Crippen LogP) is 4.44. The van der Waals surface area contributed by atoms with Gasteiger partial charge in [0.1, 0.15) is 5.75 Å². The molecule has 0 bridgehead atoms. The van der Waals surface area contributed by atoms with Crippen molar-refractivity contribution in [3.8, 4) is 5.75 Å². The van der Waals surface area contributed by atoms with Crippen molar-refractivity contribution in [2.45, 2.75) is 32.7 Å². The van der Waals surface area contributed by atoms with Crippen molar-refractivity contribution in [2.75, 3.05) is 12.4 Å². The topological polar surface area (TPSA) is 21.3 Å². The standard InChI is InChI=1S/C18H23NO/c1-4-16(13-15-8-6-5-7-9-15)19-18-11-10-17(20-3)12-14(18)2/h5-12,16,19H,4,13H2,1-3H3. The highest BCUT2D eigenvalue weighted by Crippen LogP contribution is 2.22. The van der Waals surface area contributed by atoms with E-state index in [0.29, 0.717) is 6.04 Å². The van der Waals surface area contributed by atoms with E-state index in [1.807, 2.05) is 6.07 Å². The molecule has 0 saturated heterocycles. The van der Waals surface area contributed by atoms with Gasteiger partial charge in [0.15, 0.2) is 0 Å². The number of hydrogen-bond donors (Lipinski definition) is 1. The van der Waals surface area contributed by atoms with Gasteiger partial charge in [0.2, 0.25) is 0 Å². The molecule has 0 amide bonds. The molecule has 0 aliphatic carbocycles. The van der Waals surface area contributed by atoms with Crippen LogP contribution in [0.2, 0.25) is 0 Å². The number of hydrogen-bond acceptors (Lipinski definition) is 2. The molecular weight excluding hydrogens is 246 g/mol. The Kier molecular flexibility index (Phi) is 5.05. The van der Waals surface area contributed by atoms with E-state index in [1.54, 1.807) is 7.11 Å². The van der Waals surface area contributed by atoms with Crippen LogP contribution in [0.5, 0.6) is 5.75 Å². The monoisotopic (exact) mass is 269 g/mol. The SMILES string of the molecule is CCC(Cc1ccccc1)Nc1ccc(OC)cc1C. The summed E-state index contributed by atoms with van der Waals surface area (Å²) in [5.41, 5.74) is 3.78. The molecule has 0 fully saturated rings. The highest BCUT2D eigenvalue weighted by Gasteiger charge is 2.09. The maximum Gasteiger partial charge on any atom is 0.119 e. The first kappa shape index (κ1) is 14.4. The molecule has 106 valence electrons. The molecule has 2 nitrogen and oxygen atoms in total. The third kappa shape index (κ3) is 3.77. The molecule has 1 atom stereocenters. The molecule has 0 heterocycles. The number of nitrogens with one attached hydrogen (secondary N) is 1. The van der Waals surface area contributed by atoms with Gasteiger partial charge in [-0.1, -0.05) is 37.3 Å². The molecule has 1 unspecified atom stereocenters. The van der Waals surface area contributed by atoms with Crippen molar-refractivity contribution < 1.29 is 4.74 Å². The third-order valence-electron chi connectivity index (χ3n) is 3.61. The first-order valence-corrected chi connectivity index (χ1v) is 7.18. The van der Waals surface area contributed by atoms with Crippen LogP contribution in [-0.2, 0) is 6.42 Å². The highest BCUT2D eigenvalue weighted by molar-refractivity contribution is 5.54. The van der Waals surface area contributed by atoms with E-state index in [2.05, 4.69) is 61.6 Å². The zero-order valence-corrected chi connectivity index (χ0v) is 12.5. The van der Waals surface area contributed by atoms with Gasteiger partial charge in [-0.3, -0.25) is 0 Å². The second-order valence-corrected chi connectivity index (χ2v) is 5.12. The van der Waals surface area contributed by atoms with Crippen molar-refractivity contribution in [1.29, 1.82) is 0 Å². The Morgan fingerprint density at radius 2 is 1.85 bits per heavy atom. The first-order chi connectivity index (χ1) is 9.72. The lowest BCUT2D eigenvalue weighted by atomic mass is 10.0. The van der Waals surface area contributed by atoms with Gasteiger partial charge in [-0.2, -0.15) is 0 Å². The highest BCUT2D eigenvalue weighted by atomic mass is 16.5. The van der Waals surface area contributed by atoms with Gasteiger partial charge in [-0.25, -0.2) is 0 Å². The van der Waals surface area contributed by atoms with Gasteiger partial charge >= 0.3 is 0 Å². The minimum Gasteiger partial charge on any atom is -0.497 e. The van der Waals surface area contributed by atoms with Crippen molar-refractivity contribution >= 4 is 5.69 Å². The molecule has 2 aromatic rings. The summed E-state index contributed by atoms with van der Waals surface area (Å²) in [6.07, 6.45) is 2.14. The third-order valence-corrected chi connectivity index (χ3v) is 3.61. The maximum absolute atomic E-state index is 5.25. The largest absolute Gasteiger partial charge is 0.497 e. The molecule has 0 aliphatic rings. The minimum atomic E-state index is 0.449. The van der Waals surface area contributed by atoms with Gasteiger partial charge in [0.25, 0.3) is 0 Å². The molecule has 2 heteroatoms. The summed E-state index contributed by atoms with van der Waals surface area (Å²) in [5, 5.41) is 3.64. The molecule has 0 saturated carbocycles. The summed E-state index contributed by atoms with van der Waals surface area (Å²) >= 11 is 0. The smallest absolute Gasteiger partial charge is 0.119 e. The molecule has 2 aromatic carbocycles. The Bertz CT molecular complexity index is 536. The molecule has 2 rings (SSSR count). The Morgan fingerprint density at radius 3 is 2.45 bits per heavy atom. The van der Waals surface area contributed by atoms with Crippen LogP contribution in [0, 0.1) is 6.92 Å². The van der Waals surface area contributed by atoms with E-state index in [1.165, 1.54) is 16.8 Å². The molecular formula is C18H23NO. The fourth-order valence-electron chi connectivity index (χ4n) is 2.34. The number of anilines is 1. The number of methoxy groups -OCH3 is 1. The van der Waals surface area contributed by atoms with E-state index < -0.39 is 0 Å². The normalized spacial score (nSPS) is 11.9. The predicted molar refractivity (Wildman–Crippen MR) is 85.6 cm³/mol. The van der Waals surface area contributed by atoms with Crippen LogP contribution in [0.1, 0.15) is 24.5 Å². The second kappa shape index (κ2) is 6.99. The molecule has 0 aliphatic heterocycles. The average Bonchev–Trinajstić information content (AvgIpc) is 2.49. The number of benzene rings is 2. The van der Waals surface area contributed by atoms with Crippen molar-refractivity contribution in [3.63, 3.8) is 0 Å². The van der Waals surface area contributed by atoms with Gasteiger partial charge in [0, 0.05) is 11.7 Å². The summed E-state index contributed by atoms with van der Waals surface area (Å²) in [6, 6.07) is 17.2. The number of aryl methyl sites for hydroxylation is 1.